The van der Waals surface area contributed by atoms with Crippen molar-refractivity contribution in [3.05, 3.63) is 47.9 Å². The van der Waals surface area contributed by atoms with Gasteiger partial charge in [0.1, 0.15) is 11.6 Å². The molecule has 1 N–H and O–H groups in total. The molecular formula is C15H19N3S. The van der Waals surface area contributed by atoms with Crippen LogP contribution in [-0.2, 0) is 12.2 Å². The van der Waals surface area contributed by atoms with Gasteiger partial charge in [0.25, 0.3) is 0 Å². The quantitative estimate of drug-likeness (QED) is 0.813. The standard InChI is InChI=1S/C15H19N3S/c1-3-7-12-10-14(16-2)18-15(17-12)11-19-13-8-5-4-6-9-13/h4-6,8-10H,3,7,11H2,1-2H3,(H,16,17,18). The van der Waals surface area contributed by atoms with Crippen molar-refractivity contribution in [2.24, 2.45) is 0 Å². The van der Waals surface area contributed by atoms with Gasteiger partial charge in [-0.3, -0.25) is 0 Å². The van der Waals surface area contributed by atoms with Crippen molar-refractivity contribution in [3.63, 3.8) is 0 Å². The summed E-state index contributed by atoms with van der Waals surface area (Å²) < 4.78 is 0. The average molecular weight is 273 g/mol. The zero-order valence-corrected chi connectivity index (χ0v) is 12.2. The number of aromatic nitrogens is 2. The Morgan fingerprint density at radius 3 is 2.63 bits per heavy atom. The highest BCUT2D eigenvalue weighted by molar-refractivity contribution is 7.98. The van der Waals surface area contributed by atoms with Gasteiger partial charge in [-0.05, 0) is 18.6 Å². The highest BCUT2D eigenvalue weighted by atomic mass is 32.2. The van der Waals surface area contributed by atoms with Crippen molar-refractivity contribution in [3.8, 4) is 0 Å². The molecule has 0 unspecified atom stereocenters. The van der Waals surface area contributed by atoms with Gasteiger partial charge in [-0.2, -0.15) is 0 Å². The molecule has 0 radical (unpaired) electrons. The van der Waals surface area contributed by atoms with Crippen molar-refractivity contribution in [1.29, 1.82) is 0 Å². The lowest BCUT2D eigenvalue weighted by Gasteiger charge is -2.07. The molecule has 4 heteroatoms. The fraction of sp³-hybridized carbons (Fsp3) is 0.333. The molecule has 2 rings (SSSR count). The molecule has 0 atom stereocenters. The van der Waals surface area contributed by atoms with Crippen molar-refractivity contribution in [2.75, 3.05) is 12.4 Å². The minimum absolute atomic E-state index is 0.802. The Balaban J connectivity index is 2.08. The largest absolute Gasteiger partial charge is 0.373 e. The normalized spacial score (nSPS) is 10.4. The molecular weight excluding hydrogens is 254 g/mol. The number of nitrogens with one attached hydrogen (secondary N) is 1. The number of aryl methyl sites for hydroxylation is 1. The third-order valence-electron chi connectivity index (χ3n) is 2.70. The first-order chi connectivity index (χ1) is 9.31. The molecule has 100 valence electrons. The maximum atomic E-state index is 4.61. The lowest BCUT2D eigenvalue weighted by molar-refractivity contribution is 0.855. The molecule has 1 heterocycles. The number of hydrogen-bond acceptors (Lipinski definition) is 4. The smallest absolute Gasteiger partial charge is 0.141 e. The molecule has 0 aliphatic carbocycles. The zero-order chi connectivity index (χ0) is 13.5. The maximum Gasteiger partial charge on any atom is 0.141 e. The van der Waals surface area contributed by atoms with Crippen LogP contribution < -0.4 is 5.32 Å². The lowest BCUT2D eigenvalue weighted by atomic mass is 10.2. The van der Waals surface area contributed by atoms with Crippen LogP contribution in [0.4, 0.5) is 5.82 Å². The maximum absolute atomic E-state index is 4.61. The molecule has 0 bridgehead atoms. The first-order valence-electron chi connectivity index (χ1n) is 6.54. The zero-order valence-electron chi connectivity index (χ0n) is 11.4. The van der Waals surface area contributed by atoms with E-state index in [1.165, 1.54) is 4.90 Å². The third kappa shape index (κ3) is 4.24. The second-order valence-electron chi connectivity index (χ2n) is 4.26. The highest BCUT2D eigenvalue weighted by Crippen LogP contribution is 2.21. The van der Waals surface area contributed by atoms with E-state index in [2.05, 4.69) is 46.5 Å². The van der Waals surface area contributed by atoms with E-state index < -0.39 is 0 Å². The summed E-state index contributed by atoms with van der Waals surface area (Å²) in [7, 11) is 1.90. The fourth-order valence-electron chi connectivity index (χ4n) is 1.79. The van der Waals surface area contributed by atoms with Crippen LogP contribution in [0.1, 0.15) is 24.9 Å². The Labute approximate surface area is 118 Å². The monoisotopic (exact) mass is 273 g/mol. The number of rotatable bonds is 6. The van der Waals surface area contributed by atoms with Crippen LogP contribution >= 0.6 is 11.8 Å². The number of benzene rings is 1. The molecule has 1 aromatic carbocycles. The van der Waals surface area contributed by atoms with E-state index >= 15 is 0 Å². The van der Waals surface area contributed by atoms with Crippen LogP contribution in [0.3, 0.4) is 0 Å². The van der Waals surface area contributed by atoms with E-state index in [-0.39, 0.29) is 0 Å². The average Bonchev–Trinajstić information content (AvgIpc) is 2.46. The number of thioether (sulfide) groups is 1. The predicted octanol–water partition coefficient (Wildman–Crippen LogP) is 3.76. The SMILES string of the molecule is CCCc1cc(NC)nc(CSc2ccccc2)n1. The molecule has 2 aromatic rings. The van der Waals surface area contributed by atoms with Gasteiger partial charge < -0.3 is 5.32 Å². The van der Waals surface area contributed by atoms with Crippen LogP contribution in [0.2, 0.25) is 0 Å². The van der Waals surface area contributed by atoms with E-state index in [9.17, 15) is 0 Å². The molecule has 0 amide bonds. The summed E-state index contributed by atoms with van der Waals surface area (Å²) in [6, 6.07) is 12.4. The molecule has 0 aliphatic heterocycles. The Hall–Kier alpha value is -1.55. The van der Waals surface area contributed by atoms with Crippen molar-refractivity contribution >= 4 is 17.6 Å². The topological polar surface area (TPSA) is 37.8 Å². The molecule has 3 nitrogen and oxygen atoms in total. The van der Waals surface area contributed by atoms with Gasteiger partial charge in [-0.25, -0.2) is 9.97 Å². The first kappa shape index (κ1) is 13.9. The van der Waals surface area contributed by atoms with E-state index in [0.717, 1.165) is 35.9 Å². The summed E-state index contributed by atoms with van der Waals surface area (Å²) in [5.74, 6) is 2.60. The van der Waals surface area contributed by atoms with Gasteiger partial charge >= 0.3 is 0 Å². The Morgan fingerprint density at radius 1 is 1.16 bits per heavy atom. The predicted molar refractivity (Wildman–Crippen MR) is 81.6 cm³/mol. The van der Waals surface area contributed by atoms with Gasteiger partial charge in [0.2, 0.25) is 0 Å². The van der Waals surface area contributed by atoms with Crippen molar-refractivity contribution < 1.29 is 0 Å². The van der Waals surface area contributed by atoms with Crippen molar-refractivity contribution in [2.45, 2.75) is 30.4 Å². The van der Waals surface area contributed by atoms with Gasteiger partial charge in [0, 0.05) is 23.7 Å². The Morgan fingerprint density at radius 2 is 1.95 bits per heavy atom. The molecule has 0 aliphatic rings. The van der Waals surface area contributed by atoms with Crippen LogP contribution in [-0.4, -0.2) is 17.0 Å². The van der Waals surface area contributed by atoms with E-state index in [4.69, 9.17) is 0 Å². The minimum atomic E-state index is 0.802. The number of hydrogen-bond donors (Lipinski definition) is 1. The van der Waals surface area contributed by atoms with Gasteiger partial charge in [0.15, 0.2) is 0 Å². The Bertz CT molecular complexity index is 514. The van der Waals surface area contributed by atoms with Crippen LogP contribution in [0.25, 0.3) is 0 Å². The summed E-state index contributed by atoms with van der Waals surface area (Å²) in [6.45, 7) is 2.17. The minimum Gasteiger partial charge on any atom is -0.373 e. The Kier molecular flexibility index (Phi) is 5.21. The second-order valence-corrected chi connectivity index (χ2v) is 5.31. The van der Waals surface area contributed by atoms with Gasteiger partial charge in [-0.15, -0.1) is 11.8 Å². The van der Waals surface area contributed by atoms with E-state index in [0.29, 0.717) is 0 Å². The van der Waals surface area contributed by atoms with Crippen LogP contribution in [0.5, 0.6) is 0 Å². The molecule has 1 aromatic heterocycles. The van der Waals surface area contributed by atoms with Crippen molar-refractivity contribution in [1.82, 2.24) is 9.97 Å². The highest BCUT2D eigenvalue weighted by Gasteiger charge is 2.04. The number of anilines is 1. The molecule has 0 saturated heterocycles. The molecule has 0 spiro atoms. The molecule has 0 fully saturated rings. The second kappa shape index (κ2) is 7.14. The van der Waals surface area contributed by atoms with Gasteiger partial charge in [0.05, 0.1) is 5.75 Å². The van der Waals surface area contributed by atoms with Crippen LogP contribution in [0.15, 0.2) is 41.3 Å². The summed E-state index contributed by atoms with van der Waals surface area (Å²) >= 11 is 1.77. The summed E-state index contributed by atoms with van der Waals surface area (Å²) in [6.07, 6.45) is 2.10. The van der Waals surface area contributed by atoms with E-state index in [1.807, 2.05) is 19.2 Å². The summed E-state index contributed by atoms with van der Waals surface area (Å²) in [4.78, 5) is 10.4. The number of nitrogens with zero attached hydrogens (tertiary/aromatic N) is 2. The third-order valence-corrected chi connectivity index (χ3v) is 3.71. The van der Waals surface area contributed by atoms with Crippen LogP contribution in [0, 0.1) is 0 Å². The van der Waals surface area contributed by atoms with E-state index in [1.54, 1.807) is 11.8 Å². The molecule has 0 saturated carbocycles. The first-order valence-corrected chi connectivity index (χ1v) is 7.53. The summed E-state index contributed by atoms with van der Waals surface area (Å²) in [5, 5.41) is 3.10. The lowest BCUT2D eigenvalue weighted by Crippen LogP contribution is -2.02. The summed E-state index contributed by atoms with van der Waals surface area (Å²) in [5.41, 5.74) is 1.12. The van der Waals surface area contributed by atoms with Gasteiger partial charge in [-0.1, -0.05) is 31.5 Å². The molecule has 19 heavy (non-hydrogen) atoms. The fourth-order valence-corrected chi connectivity index (χ4v) is 2.57.